The van der Waals surface area contributed by atoms with Crippen molar-refractivity contribution in [1.29, 1.82) is 0 Å². The Labute approximate surface area is 94.6 Å². The van der Waals surface area contributed by atoms with Crippen LogP contribution >= 0.6 is 15.9 Å². The van der Waals surface area contributed by atoms with Crippen LogP contribution in [0.1, 0.15) is 19.3 Å². The Morgan fingerprint density at radius 3 is 2.86 bits per heavy atom. The fourth-order valence-corrected chi connectivity index (χ4v) is 2.24. The van der Waals surface area contributed by atoms with Crippen LogP contribution in [0.25, 0.3) is 0 Å². The van der Waals surface area contributed by atoms with E-state index >= 15 is 0 Å². The number of nitrogens with zero attached hydrogens (tertiary/aromatic N) is 2. The Balaban J connectivity index is 2.32. The lowest BCUT2D eigenvalue weighted by atomic mass is 10.2. The van der Waals surface area contributed by atoms with Crippen LogP contribution in [0.15, 0.2) is 0 Å². The number of likely N-dealkylation sites (tertiary alicyclic amines) is 1. The number of alkyl halides is 1. The van der Waals surface area contributed by atoms with Crippen LogP contribution in [0.4, 0.5) is 0 Å². The minimum Gasteiger partial charge on any atom is -0.344 e. The maximum absolute atomic E-state index is 11.5. The number of amides is 1. The van der Waals surface area contributed by atoms with Crippen molar-refractivity contribution in [2.45, 2.75) is 25.3 Å². The molecule has 4 heteroatoms. The molecule has 1 atom stereocenters. The molecule has 1 amide bonds. The van der Waals surface area contributed by atoms with Crippen LogP contribution < -0.4 is 0 Å². The first kappa shape index (κ1) is 12.0. The van der Waals surface area contributed by atoms with Gasteiger partial charge < -0.3 is 9.80 Å². The number of halogens is 1. The minimum atomic E-state index is 0.238. The molecule has 1 heterocycles. The van der Waals surface area contributed by atoms with Gasteiger partial charge in [-0.25, -0.2) is 0 Å². The van der Waals surface area contributed by atoms with Gasteiger partial charge in [0, 0.05) is 31.4 Å². The van der Waals surface area contributed by atoms with Crippen molar-refractivity contribution in [2.24, 2.45) is 0 Å². The summed E-state index contributed by atoms with van der Waals surface area (Å²) in [6.07, 6.45) is 3.09. The van der Waals surface area contributed by atoms with E-state index in [0.29, 0.717) is 12.5 Å². The number of hydrogen-bond donors (Lipinski definition) is 0. The molecule has 0 saturated carbocycles. The van der Waals surface area contributed by atoms with Crippen LogP contribution in [0.2, 0.25) is 0 Å². The van der Waals surface area contributed by atoms with Crippen molar-refractivity contribution in [1.82, 2.24) is 9.80 Å². The minimum absolute atomic E-state index is 0.238. The highest BCUT2D eigenvalue weighted by molar-refractivity contribution is 9.09. The number of hydrogen-bond acceptors (Lipinski definition) is 2. The molecule has 1 aliphatic rings. The summed E-state index contributed by atoms with van der Waals surface area (Å²) in [5, 5.41) is 0.761. The molecule has 1 unspecified atom stereocenters. The number of rotatable bonds is 4. The van der Waals surface area contributed by atoms with Crippen molar-refractivity contribution < 1.29 is 4.79 Å². The zero-order valence-electron chi connectivity index (χ0n) is 9.00. The summed E-state index contributed by atoms with van der Waals surface area (Å²) < 4.78 is 0. The number of carbonyl (C=O) groups excluding carboxylic acids is 1. The Kier molecular flexibility index (Phi) is 4.89. The second-order valence-corrected chi connectivity index (χ2v) is 4.78. The summed E-state index contributed by atoms with van der Waals surface area (Å²) in [5.41, 5.74) is 0. The normalized spacial score (nSPS) is 22.6. The SMILES string of the molecule is CN(CC1CCCN1C)C(=O)CCBr. The largest absolute Gasteiger partial charge is 0.344 e. The van der Waals surface area contributed by atoms with Gasteiger partial charge in [0.1, 0.15) is 0 Å². The summed E-state index contributed by atoms with van der Waals surface area (Å²) >= 11 is 3.28. The highest BCUT2D eigenvalue weighted by Gasteiger charge is 2.23. The van der Waals surface area contributed by atoms with E-state index in [0.717, 1.165) is 11.9 Å². The third-order valence-corrected chi connectivity index (χ3v) is 3.29. The standard InChI is InChI=1S/C10H19BrN2O/c1-12-7-3-4-9(12)8-13(2)10(14)5-6-11/h9H,3-8H2,1-2H3. The van der Waals surface area contributed by atoms with Crippen LogP contribution in [0, 0.1) is 0 Å². The van der Waals surface area contributed by atoms with E-state index in [1.54, 1.807) is 0 Å². The third kappa shape index (κ3) is 3.24. The number of carbonyl (C=O) groups is 1. The van der Waals surface area contributed by atoms with E-state index < -0.39 is 0 Å². The molecule has 0 N–H and O–H groups in total. The zero-order chi connectivity index (χ0) is 10.6. The molecule has 0 aromatic carbocycles. The predicted octanol–water partition coefficient (Wildman–Crippen LogP) is 1.32. The third-order valence-electron chi connectivity index (χ3n) is 2.89. The van der Waals surface area contributed by atoms with Gasteiger partial charge in [-0.1, -0.05) is 15.9 Å². The monoisotopic (exact) mass is 262 g/mol. The van der Waals surface area contributed by atoms with Crippen molar-refractivity contribution in [3.8, 4) is 0 Å². The molecular formula is C10H19BrN2O. The molecule has 1 aliphatic heterocycles. The van der Waals surface area contributed by atoms with E-state index in [-0.39, 0.29) is 5.91 Å². The Morgan fingerprint density at radius 1 is 1.64 bits per heavy atom. The molecule has 1 saturated heterocycles. The molecule has 82 valence electrons. The first-order chi connectivity index (χ1) is 6.65. The smallest absolute Gasteiger partial charge is 0.223 e. The summed E-state index contributed by atoms with van der Waals surface area (Å²) in [4.78, 5) is 15.7. The maximum Gasteiger partial charge on any atom is 0.223 e. The van der Waals surface area contributed by atoms with Gasteiger partial charge in [0.2, 0.25) is 5.91 Å². The fourth-order valence-electron chi connectivity index (χ4n) is 1.90. The Bertz CT molecular complexity index is 199. The molecule has 0 aromatic rings. The molecular weight excluding hydrogens is 244 g/mol. The van der Waals surface area contributed by atoms with Gasteiger partial charge in [0.25, 0.3) is 0 Å². The highest BCUT2D eigenvalue weighted by atomic mass is 79.9. The van der Waals surface area contributed by atoms with E-state index in [9.17, 15) is 4.79 Å². The van der Waals surface area contributed by atoms with Crippen LogP contribution in [-0.2, 0) is 4.79 Å². The molecule has 0 aromatic heterocycles. The first-order valence-corrected chi connectivity index (χ1v) is 6.27. The van der Waals surface area contributed by atoms with Crippen molar-refractivity contribution in [3.05, 3.63) is 0 Å². The van der Waals surface area contributed by atoms with Gasteiger partial charge in [-0.15, -0.1) is 0 Å². The Morgan fingerprint density at radius 2 is 2.36 bits per heavy atom. The maximum atomic E-state index is 11.5. The second-order valence-electron chi connectivity index (χ2n) is 3.99. The van der Waals surface area contributed by atoms with E-state index in [2.05, 4.69) is 27.9 Å². The summed E-state index contributed by atoms with van der Waals surface area (Å²) in [7, 11) is 4.04. The summed E-state index contributed by atoms with van der Waals surface area (Å²) in [5.74, 6) is 0.238. The second kappa shape index (κ2) is 5.71. The van der Waals surface area contributed by atoms with Crippen molar-refractivity contribution in [2.75, 3.05) is 32.5 Å². The van der Waals surface area contributed by atoms with Gasteiger partial charge in [-0.05, 0) is 26.4 Å². The quantitative estimate of drug-likeness (QED) is 0.714. The highest BCUT2D eigenvalue weighted by Crippen LogP contribution is 2.15. The van der Waals surface area contributed by atoms with Crippen LogP contribution in [-0.4, -0.2) is 54.3 Å². The lowest BCUT2D eigenvalue weighted by Gasteiger charge is -2.25. The van der Waals surface area contributed by atoms with E-state index in [4.69, 9.17) is 0 Å². The van der Waals surface area contributed by atoms with Crippen LogP contribution in [0.5, 0.6) is 0 Å². The lowest BCUT2D eigenvalue weighted by molar-refractivity contribution is -0.130. The Hall–Kier alpha value is -0.0900. The van der Waals surface area contributed by atoms with E-state index in [1.807, 2.05) is 11.9 Å². The van der Waals surface area contributed by atoms with E-state index in [1.165, 1.54) is 19.4 Å². The summed E-state index contributed by atoms with van der Waals surface area (Å²) in [6.45, 7) is 2.05. The van der Waals surface area contributed by atoms with Crippen LogP contribution in [0.3, 0.4) is 0 Å². The lowest BCUT2D eigenvalue weighted by Crippen LogP contribution is -2.39. The van der Waals surface area contributed by atoms with Crippen molar-refractivity contribution in [3.63, 3.8) is 0 Å². The average molecular weight is 263 g/mol. The predicted molar refractivity (Wildman–Crippen MR) is 61.7 cm³/mol. The van der Waals surface area contributed by atoms with Gasteiger partial charge >= 0.3 is 0 Å². The first-order valence-electron chi connectivity index (χ1n) is 5.15. The number of likely N-dealkylation sites (N-methyl/N-ethyl adjacent to an activating group) is 2. The van der Waals surface area contributed by atoms with Gasteiger partial charge in [-0.3, -0.25) is 4.79 Å². The fraction of sp³-hybridized carbons (Fsp3) is 0.900. The molecule has 0 bridgehead atoms. The molecule has 0 aliphatic carbocycles. The van der Waals surface area contributed by atoms with Gasteiger partial charge in [-0.2, -0.15) is 0 Å². The summed E-state index contributed by atoms with van der Waals surface area (Å²) in [6, 6.07) is 0.569. The average Bonchev–Trinajstić information content (AvgIpc) is 2.52. The topological polar surface area (TPSA) is 23.6 Å². The molecule has 14 heavy (non-hydrogen) atoms. The van der Waals surface area contributed by atoms with Gasteiger partial charge in [0.15, 0.2) is 0 Å². The molecule has 0 radical (unpaired) electrons. The van der Waals surface area contributed by atoms with Crippen molar-refractivity contribution >= 4 is 21.8 Å². The van der Waals surface area contributed by atoms with Gasteiger partial charge in [0.05, 0.1) is 0 Å². The molecule has 3 nitrogen and oxygen atoms in total. The zero-order valence-corrected chi connectivity index (χ0v) is 10.6. The molecule has 1 fully saturated rings. The molecule has 1 rings (SSSR count). The molecule has 0 spiro atoms.